The zero-order valence-corrected chi connectivity index (χ0v) is 23.3. The minimum atomic E-state index is -0.771. The van der Waals surface area contributed by atoms with Gasteiger partial charge < -0.3 is 4.74 Å². The van der Waals surface area contributed by atoms with Gasteiger partial charge in [0.25, 0.3) is 11.8 Å². The lowest BCUT2D eigenvalue weighted by Gasteiger charge is -2.33. The first-order valence-electron chi connectivity index (χ1n) is 11.7. The minimum Gasteiger partial charge on any atom is -0.486 e. The van der Waals surface area contributed by atoms with Gasteiger partial charge in [0.15, 0.2) is 5.75 Å². The van der Waals surface area contributed by atoms with E-state index in [0.717, 1.165) is 19.8 Å². The van der Waals surface area contributed by atoms with Gasteiger partial charge in [0.05, 0.1) is 21.4 Å². The third-order valence-corrected chi connectivity index (χ3v) is 7.00. The van der Waals surface area contributed by atoms with Crippen LogP contribution >= 0.6 is 39.1 Å². The third kappa shape index (κ3) is 5.61. The van der Waals surface area contributed by atoms with Crippen LogP contribution in [-0.4, -0.2) is 17.8 Å². The summed E-state index contributed by atoms with van der Waals surface area (Å²) in [7, 11) is 0. The van der Waals surface area contributed by atoms with Gasteiger partial charge in [-0.25, -0.2) is 14.6 Å². The lowest BCUT2D eigenvalue weighted by molar-refractivity contribution is -0.121. The first-order chi connectivity index (χ1) is 18.8. The predicted octanol–water partition coefficient (Wildman–Crippen LogP) is 7.92. The highest BCUT2D eigenvalue weighted by molar-refractivity contribution is 9.10. The SMILES string of the molecule is O=C1C(=Cc2cc(Cl)c(OCc3ccc(Br)cc3)c(Cl)c2)C(=O)N(c2ccccc2)C(=O)N1c1ccccc1. The molecular weight excluding hydrogens is 603 g/mol. The number of anilines is 2. The van der Waals surface area contributed by atoms with Gasteiger partial charge in [0.2, 0.25) is 0 Å². The quantitative estimate of drug-likeness (QED) is 0.162. The first-order valence-corrected chi connectivity index (χ1v) is 13.3. The molecule has 1 saturated heterocycles. The standard InChI is InChI=1S/C30H19BrCl2N2O4/c31-21-13-11-19(12-14-21)18-39-27-25(32)16-20(17-26(27)33)15-24-28(36)34(22-7-3-1-4-8-22)30(38)35(29(24)37)23-9-5-2-6-10-23/h1-17H,18H2. The predicted molar refractivity (Wildman–Crippen MR) is 156 cm³/mol. The summed E-state index contributed by atoms with van der Waals surface area (Å²) in [6.45, 7) is 0.240. The van der Waals surface area contributed by atoms with Crippen LogP contribution in [0.2, 0.25) is 10.0 Å². The fourth-order valence-corrected chi connectivity index (χ4v) is 4.92. The molecule has 4 aromatic carbocycles. The van der Waals surface area contributed by atoms with Crippen LogP contribution in [0.15, 0.2) is 107 Å². The zero-order valence-electron chi connectivity index (χ0n) is 20.2. The number of nitrogens with zero attached hydrogens (tertiary/aromatic N) is 2. The first kappa shape index (κ1) is 26.7. The van der Waals surface area contributed by atoms with Crippen LogP contribution in [0, 0.1) is 0 Å². The number of carbonyl (C=O) groups is 3. The Morgan fingerprint density at radius 1 is 0.718 bits per heavy atom. The Balaban J connectivity index is 1.51. The van der Waals surface area contributed by atoms with Gasteiger partial charge in [-0.15, -0.1) is 0 Å². The Labute approximate surface area is 243 Å². The highest BCUT2D eigenvalue weighted by Gasteiger charge is 2.43. The number of urea groups is 1. The number of ether oxygens (including phenoxy) is 1. The Morgan fingerprint density at radius 3 is 1.69 bits per heavy atom. The Bertz CT molecular complexity index is 1510. The number of para-hydroxylation sites is 2. The number of hydrogen-bond donors (Lipinski definition) is 0. The Morgan fingerprint density at radius 2 is 1.21 bits per heavy atom. The monoisotopic (exact) mass is 620 g/mol. The molecule has 0 N–H and O–H groups in total. The maximum absolute atomic E-state index is 13.5. The molecule has 9 heteroatoms. The molecule has 0 atom stereocenters. The maximum atomic E-state index is 13.5. The van der Waals surface area contributed by atoms with Crippen molar-refractivity contribution >= 4 is 74.4 Å². The summed E-state index contributed by atoms with van der Waals surface area (Å²) in [5, 5.41) is 0.413. The molecule has 0 unspecified atom stereocenters. The molecule has 0 aromatic heterocycles. The molecule has 4 aromatic rings. The summed E-state index contributed by atoms with van der Waals surface area (Å²) in [4.78, 5) is 42.5. The van der Waals surface area contributed by atoms with E-state index in [0.29, 0.717) is 16.9 Å². The average molecular weight is 622 g/mol. The summed E-state index contributed by atoms with van der Waals surface area (Å²) in [6, 6.07) is 26.8. The molecule has 0 bridgehead atoms. The number of barbiturate groups is 1. The second-order valence-corrected chi connectivity index (χ2v) is 10.3. The molecule has 0 spiro atoms. The fourth-order valence-electron chi connectivity index (χ4n) is 4.04. The van der Waals surface area contributed by atoms with Gasteiger partial charge >= 0.3 is 6.03 Å². The average Bonchev–Trinajstić information content (AvgIpc) is 2.93. The van der Waals surface area contributed by atoms with E-state index in [1.54, 1.807) is 72.8 Å². The molecule has 1 fully saturated rings. The third-order valence-electron chi connectivity index (χ3n) is 5.91. The Hall–Kier alpha value is -3.91. The largest absolute Gasteiger partial charge is 0.486 e. The van der Waals surface area contributed by atoms with E-state index in [2.05, 4.69) is 15.9 Å². The highest BCUT2D eigenvalue weighted by atomic mass is 79.9. The second-order valence-electron chi connectivity index (χ2n) is 8.52. The lowest BCUT2D eigenvalue weighted by Crippen LogP contribution is -2.57. The van der Waals surface area contributed by atoms with Crippen LogP contribution in [0.4, 0.5) is 16.2 Å². The van der Waals surface area contributed by atoms with Gasteiger partial charge in [0.1, 0.15) is 12.2 Å². The van der Waals surface area contributed by atoms with Gasteiger partial charge in [-0.3, -0.25) is 9.59 Å². The van der Waals surface area contributed by atoms with Crippen molar-refractivity contribution in [1.82, 2.24) is 0 Å². The van der Waals surface area contributed by atoms with E-state index >= 15 is 0 Å². The zero-order chi connectivity index (χ0) is 27.5. The summed E-state index contributed by atoms with van der Waals surface area (Å²) in [6.07, 6.45) is 1.37. The Kier molecular flexibility index (Phi) is 7.84. The maximum Gasteiger partial charge on any atom is 0.343 e. The molecule has 1 aliphatic heterocycles. The number of hydrogen-bond acceptors (Lipinski definition) is 4. The van der Waals surface area contributed by atoms with Crippen molar-refractivity contribution in [2.24, 2.45) is 0 Å². The normalized spacial score (nSPS) is 13.6. The molecule has 4 amide bonds. The second kappa shape index (κ2) is 11.5. The van der Waals surface area contributed by atoms with E-state index in [1.807, 2.05) is 24.3 Å². The van der Waals surface area contributed by atoms with Crippen molar-refractivity contribution in [2.75, 3.05) is 9.80 Å². The lowest BCUT2D eigenvalue weighted by atomic mass is 10.0. The molecule has 0 saturated carbocycles. The molecule has 1 aliphatic rings. The van der Waals surface area contributed by atoms with Crippen LogP contribution in [-0.2, 0) is 16.2 Å². The van der Waals surface area contributed by atoms with E-state index < -0.39 is 17.8 Å². The van der Waals surface area contributed by atoms with Crippen LogP contribution in [0.3, 0.4) is 0 Å². The fraction of sp³-hybridized carbons (Fsp3) is 0.0333. The van der Waals surface area contributed by atoms with E-state index in [4.69, 9.17) is 27.9 Å². The summed E-state index contributed by atoms with van der Waals surface area (Å²) < 4.78 is 6.80. The minimum absolute atomic E-state index is 0.207. The van der Waals surface area contributed by atoms with Crippen molar-refractivity contribution in [1.29, 1.82) is 0 Å². The van der Waals surface area contributed by atoms with Crippen LogP contribution < -0.4 is 14.5 Å². The molecule has 194 valence electrons. The van der Waals surface area contributed by atoms with Crippen LogP contribution in [0.1, 0.15) is 11.1 Å². The van der Waals surface area contributed by atoms with Crippen molar-refractivity contribution in [2.45, 2.75) is 6.61 Å². The van der Waals surface area contributed by atoms with Crippen molar-refractivity contribution in [3.05, 3.63) is 128 Å². The summed E-state index contributed by atoms with van der Waals surface area (Å²) in [5.41, 5.74) is 1.76. The van der Waals surface area contributed by atoms with Gasteiger partial charge in [-0.1, -0.05) is 87.7 Å². The molecule has 0 aliphatic carbocycles. The van der Waals surface area contributed by atoms with Gasteiger partial charge in [0, 0.05) is 4.47 Å². The smallest absolute Gasteiger partial charge is 0.343 e. The van der Waals surface area contributed by atoms with Crippen molar-refractivity contribution in [3.63, 3.8) is 0 Å². The van der Waals surface area contributed by atoms with E-state index in [-0.39, 0.29) is 28.0 Å². The molecule has 0 radical (unpaired) electrons. The number of benzene rings is 4. The molecular formula is C30H19BrCl2N2O4. The van der Waals surface area contributed by atoms with Crippen molar-refractivity contribution in [3.8, 4) is 5.75 Å². The number of imide groups is 2. The van der Waals surface area contributed by atoms with Crippen LogP contribution in [0.5, 0.6) is 5.75 Å². The molecule has 39 heavy (non-hydrogen) atoms. The number of carbonyl (C=O) groups excluding carboxylic acids is 3. The topological polar surface area (TPSA) is 66.9 Å². The van der Waals surface area contributed by atoms with Crippen LogP contribution in [0.25, 0.3) is 6.08 Å². The van der Waals surface area contributed by atoms with E-state index in [9.17, 15) is 14.4 Å². The number of amides is 4. The van der Waals surface area contributed by atoms with Crippen molar-refractivity contribution < 1.29 is 19.1 Å². The highest BCUT2D eigenvalue weighted by Crippen LogP contribution is 2.36. The summed E-state index contributed by atoms with van der Waals surface area (Å²) in [5.74, 6) is -1.24. The van der Waals surface area contributed by atoms with Gasteiger partial charge in [-0.05, 0) is 65.7 Å². The summed E-state index contributed by atoms with van der Waals surface area (Å²) >= 11 is 16.4. The number of halogens is 3. The van der Waals surface area contributed by atoms with Gasteiger partial charge in [-0.2, -0.15) is 0 Å². The molecule has 1 heterocycles. The molecule has 5 rings (SSSR count). The van der Waals surface area contributed by atoms with E-state index in [1.165, 1.54) is 6.08 Å². The molecule has 6 nitrogen and oxygen atoms in total. The number of rotatable bonds is 6.